The number of benzene rings is 1. The summed E-state index contributed by atoms with van der Waals surface area (Å²) in [5.74, 6) is 0.159. The van der Waals surface area contributed by atoms with Crippen molar-refractivity contribution in [3.63, 3.8) is 0 Å². The minimum atomic E-state index is -0.426. The van der Waals surface area contributed by atoms with E-state index in [1.807, 2.05) is 50.6 Å². The number of nitrogens with zero attached hydrogens (tertiary/aromatic N) is 3. The first kappa shape index (κ1) is 21.2. The summed E-state index contributed by atoms with van der Waals surface area (Å²) in [6.45, 7) is 6.56. The Morgan fingerprint density at radius 3 is 2.58 bits per heavy atom. The van der Waals surface area contributed by atoms with E-state index in [9.17, 15) is 4.79 Å². The number of hydrogen-bond acceptors (Lipinski definition) is 4. The molecule has 0 aliphatic carbocycles. The van der Waals surface area contributed by atoms with Crippen molar-refractivity contribution >= 4 is 5.91 Å². The van der Waals surface area contributed by atoms with Crippen molar-refractivity contribution in [3.8, 4) is 11.1 Å². The number of rotatable bonds is 7. The average Bonchev–Trinajstić information content (AvgIpc) is 3.18. The van der Waals surface area contributed by atoms with Gasteiger partial charge in [-0.3, -0.25) is 19.7 Å². The van der Waals surface area contributed by atoms with Crippen LogP contribution < -0.4 is 5.32 Å². The molecule has 3 heterocycles. The van der Waals surface area contributed by atoms with E-state index in [2.05, 4.69) is 50.5 Å². The summed E-state index contributed by atoms with van der Waals surface area (Å²) in [6, 6.07) is 16.8. The first-order valence-corrected chi connectivity index (χ1v) is 11.0. The second-order valence-electron chi connectivity index (χ2n) is 8.84. The van der Waals surface area contributed by atoms with Crippen LogP contribution in [-0.4, -0.2) is 39.9 Å². The number of hydrogen-bond donors (Lipinski definition) is 1. The molecule has 2 aromatic heterocycles. The highest BCUT2D eigenvalue weighted by Gasteiger charge is 2.44. The van der Waals surface area contributed by atoms with Gasteiger partial charge in [0.15, 0.2) is 0 Å². The molecule has 0 bridgehead atoms. The van der Waals surface area contributed by atoms with Crippen molar-refractivity contribution in [2.75, 3.05) is 13.1 Å². The molecule has 1 atom stereocenters. The van der Waals surface area contributed by atoms with Crippen LogP contribution in [0.25, 0.3) is 11.1 Å². The molecule has 3 aromatic rings. The zero-order chi connectivity index (χ0) is 21.7. The van der Waals surface area contributed by atoms with Gasteiger partial charge in [-0.2, -0.15) is 0 Å². The van der Waals surface area contributed by atoms with Crippen molar-refractivity contribution in [1.29, 1.82) is 0 Å². The second kappa shape index (κ2) is 9.40. The molecule has 1 aliphatic heterocycles. The van der Waals surface area contributed by atoms with Gasteiger partial charge in [0.05, 0.1) is 5.41 Å². The third kappa shape index (κ3) is 5.17. The molecular weight excluding hydrogens is 384 g/mol. The Morgan fingerprint density at radius 2 is 1.84 bits per heavy atom. The van der Waals surface area contributed by atoms with Crippen LogP contribution in [0.3, 0.4) is 0 Å². The molecule has 1 N–H and O–H groups in total. The number of amides is 1. The second-order valence-corrected chi connectivity index (χ2v) is 8.84. The summed E-state index contributed by atoms with van der Waals surface area (Å²) in [5.41, 5.74) is 4.22. The highest BCUT2D eigenvalue weighted by atomic mass is 16.2. The monoisotopic (exact) mass is 414 g/mol. The van der Waals surface area contributed by atoms with E-state index in [1.165, 1.54) is 11.1 Å². The molecule has 5 heteroatoms. The van der Waals surface area contributed by atoms with Gasteiger partial charge in [0.2, 0.25) is 5.91 Å². The fourth-order valence-electron chi connectivity index (χ4n) is 4.45. The van der Waals surface area contributed by atoms with E-state index in [-0.39, 0.29) is 11.9 Å². The SMILES string of the molecule is CC(C)NC(=O)[C@]1(Cc2cccc(-c3cccnc3)c2)CCN(Cc2ccncc2)C1. The van der Waals surface area contributed by atoms with Crippen LogP contribution in [0.5, 0.6) is 0 Å². The maximum atomic E-state index is 13.4. The Hall–Kier alpha value is -3.05. The van der Waals surface area contributed by atoms with E-state index < -0.39 is 5.41 Å². The van der Waals surface area contributed by atoms with Gasteiger partial charge >= 0.3 is 0 Å². The number of aromatic nitrogens is 2. The number of pyridine rings is 2. The van der Waals surface area contributed by atoms with Crippen molar-refractivity contribution in [2.24, 2.45) is 5.41 Å². The predicted octanol–water partition coefficient (Wildman–Crippen LogP) is 4.10. The van der Waals surface area contributed by atoms with Gasteiger partial charge in [-0.1, -0.05) is 30.3 Å². The van der Waals surface area contributed by atoms with Crippen LogP contribution in [-0.2, 0) is 17.8 Å². The number of carbonyl (C=O) groups excluding carboxylic acids is 1. The largest absolute Gasteiger partial charge is 0.353 e. The quantitative estimate of drug-likeness (QED) is 0.632. The van der Waals surface area contributed by atoms with Gasteiger partial charge in [0.25, 0.3) is 0 Å². The lowest BCUT2D eigenvalue weighted by atomic mass is 9.79. The highest BCUT2D eigenvalue weighted by molar-refractivity contribution is 5.84. The van der Waals surface area contributed by atoms with Crippen molar-refractivity contribution in [3.05, 3.63) is 84.4 Å². The molecule has 160 valence electrons. The van der Waals surface area contributed by atoms with Gasteiger partial charge in [-0.25, -0.2) is 0 Å². The Bertz CT molecular complexity index is 1010. The summed E-state index contributed by atoms with van der Waals surface area (Å²) in [4.78, 5) is 24.1. The van der Waals surface area contributed by atoms with Gasteiger partial charge in [-0.15, -0.1) is 0 Å². The minimum Gasteiger partial charge on any atom is -0.353 e. The minimum absolute atomic E-state index is 0.125. The Labute approximate surface area is 184 Å². The molecule has 0 spiro atoms. The van der Waals surface area contributed by atoms with Gasteiger partial charge in [-0.05, 0) is 73.7 Å². The third-order valence-electron chi connectivity index (χ3n) is 5.95. The summed E-state index contributed by atoms with van der Waals surface area (Å²) in [7, 11) is 0. The number of nitrogens with one attached hydrogen (secondary N) is 1. The molecule has 1 saturated heterocycles. The average molecular weight is 415 g/mol. The van der Waals surface area contributed by atoms with Gasteiger partial charge < -0.3 is 5.32 Å². The van der Waals surface area contributed by atoms with E-state index in [1.54, 1.807) is 6.20 Å². The van der Waals surface area contributed by atoms with Crippen molar-refractivity contribution in [1.82, 2.24) is 20.2 Å². The molecule has 1 fully saturated rings. The fraction of sp³-hybridized carbons (Fsp3) is 0.346. The Kier molecular flexibility index (Phi) is 6.42. The van der Waals surface area contributed by atoms with Gasteiger partial charge in [0.1, 0.15) is 0 Å². The molecule has 1 aliphatic rings. The summed E-state index contributed by atoms with van der Waals surface area (Å²) in [5, 5.41) is 3.19. The summed E-state index contributed by atoms with van der Waals surface area (Å²) >= 11 is 0. The molecule has 4 rings (SSSR count). The van der Waals surface area contributed by atoms with Gasteiger partial charge in [0, 0.05) is 43.9 Å². The number of likely N-dealkylation sites (tertiary alicyclic amines) is 1. The van der Waals surface area contributed by atoms with E-state index in [0.29, 0.717) is 0 Å². The van der Waals surface area contributed by atoms with E-state index in [4.69, 9.17) is 0 Å². The lowest BCUT2D eigenvalue weighted by Gasteiger charge is -2.30. The summed E-state index contributed by atoms with van der Waals surface area (Å²) < 4.78 is 0. The zero-order valence-electron chi connectivity index (χ0n) is 18.3. The standard InChI is InChI=1S/C26H30N4O/c1-20(2)29-25(31)26(10-14-30(19-26)18-21-8-12-27-13-9-21)16-22-5-3-6-23(15-22)24-7-4-11-28-17-24/h3-9,11-13,15,17,20H,10,14,16,18-19H2,1-2H3,(H,29,31)/t26-/m0/s1. The smallest absolute Gasteiger partial charge is 0.228 e. The molecule has 5 nitrogen and oxygen atoms in total. The molecule has 0 radical (unpaired) electrons. The Morgan fingerprint density at radius 1 is 1.03 bits per heavy atom. The highest BCUT2D eigenvalue weighted by Crippen LogP contribution is 2.36. The maximum absolute atomic E-state index is 13.4. The van der Waals surface area contributed by atoms with Crippen molar-refractivity contribution < 1.29 is 4.79 Å². The van der Waals surface area contributed by atoms with Crippen molar-refractivity contribution in [2.45, 2.75) is 39.3 Å². The Balaban J connectivity index is 1.57. The summed E-state index contributed by atoms with van der Waals surface area (Å²) in [6.07, 6.45) is 8.91. The topological polar surface area (TPSA) is 58.1 Å². The first-order valence-electron chi connectivity index (χ1n) is 11.0. The molecule has 31 heavy (non-hydrogen) atoms. The predicted molar refractivity (Wildman–Crippen MR) is 123 cm³/mol. The molecule has 0 unspecified atom stereocenters. The van der Waals surface area contributed by atoms with Crippen LogP contribution in [0.2, 0.25) is 0 Å². The molecule has 0 saturated carbocycles. The van der Waals surface area contributed by atoms with Crippen LogP contribution >= 0.6 is 0 Å². The van der Waals surface area contributed by atoms with E-state index in [0.717, 1.165) is 43.6 Å². The van der Waals surface area contributed by atoms with Crippen LogP contribution in [0.1, 0.15) is 31.4 Å². The number of carbonyl (C=O) groups is 1. The molecular formula is C26H30N4O. The lowest BCUT2D eigenvalue weighted by molar-refractivity contribution is -0.131. The molecule has 1 aromatic carbocycles. The van der Waals surface area contributed by atoms with Crippen LogP contribution in [0.15, 0.2) is 73.3 Å². The normalized spacial score (nSPS) is 18.9. The molecule has 1 amide bonds. The van der Waals surface area contributed by atoms with Crippen LogP contribution in [0, 0.1) is 5.41 Å². The zero-order valence-corrected chi connectivity index (χ0v) is 18.3. The fourth-order valence-corrected chi connectivity index (χ4v) is 4.45. The third-order valence-corrected chi connectivity index (χ3v) is 5.95. The first-order chi connectivity index (χ1) is 15.0. The van der Waals surface area contributed by atoms with Crippen LogP contribution in [0.4, 0.5) is 0 Å². The van der Waals surface area contributed by atoms with E-state index >= 15 is 0 Å². The maximum Gasteiger partial charge on any atom is 0.228 e. The lowest BCUT2D eigenvalue weighted by Crippen LogP contribution is -2.46.